The third-order valence-electron chi connectivity index (χ3n) is 5.12. The first-order chi connectivity index (χ1) is 14.0. The number of methoxy groups -OCH3 is 2. The smallest absolute Gasteiger partial charge is 0.295 e. The van der Waals surface area contributed by atoms with Gasteiger partial charge in [0.15, 0.2) is 0 Å². The Kier molecular flexibility index (Phi) is 6.34. The predicted molar refractivity (Wildman–Crippen MR) is 110 cm³/mol. The van der Waals surface area contributed by atoms with E-state index < -0.39 is 17.7 Å². The summed E-state index contributed by atoms with van der Waals surface area (Å²) < 4.78 is 10.3. The van der Waals surface area contributed by atoms with E-state index in [4.69, 9.17) is 9.47 Å². The van der Waals surface area contributed by atoms with Crippen LogP contribution in [0.1, 0.15) is 29.7 Å². The molecule has 6 heteroatoms. The first-order valence-electron chi connectivity index (χ1n) is 9.52. The Bertz CT molecular complexity index is 933. The van der Waals surface area contributed by atoms with Crippen molar-refractivity contribution in [2.75, 3.05) is 27.4 Å². The zero-order valence-corrected chi connectivity index (χ0v) is 16.8. The highest BCUT2D eigenvalue weighted by atomic mass is 16.5. The molecule has 1 N–H and O–H groups in total. The van der Waals surface area contributed by atoms with Gasteiger partial charge in [0.1, 0.15) is 11.5 Å². The Labute approximate surface area is 170 Å². The van der Waals surface area contributed by atoms with Gasteiger partial charge in [-0.05, 0) is 29.7 Å². The van der Waals surface area contributed by atoms with Crippen LogP contribution in [0.3, 0.4) is 0 Å². The van der Waals surface area contributed by atoms with Crippen LogP contribution in [0.4, 0.5) is 0 Å². The standard InChI is InChI=1S/C23H25NO5/c1-4-15-8-10-16(11-9-15)20-19(22(26)23(27)24(20)12-13-28-2)21(25)17-6-5-7-18(14-17)29-3/h5-11,14,20,25H,4,12-13H2,1-3H3/b21-19+. The number of ketones is 1. The molecule has 1 atom stereocenters. The molecule has 1 fully saturated rings. The number of ether oxygens (including phenoxy) is 2. The molecule has 0 aliphatic carbocycles. The lowest BCUT2D eigenvalue weighted by Crippen LogP contribution is -2.32. The SMILES string of the molecule is CCc1ccc(C2/C(=C(\O)c3cccc(OC)c3)C(=O)C(=O)N2CCOC)cc1. The number of likely N-dealkylation sites (tertiary alicyclic amines) is 1. The van der Waals surface area contributed by atoms with E-state index in [2.05, 4.69) is 6.92 Å². The first-order valence-corrected chi connectivity index (χ1v) is 9.52. The van der Waals surface area contributed by atoms with Crippen molar-refractivity contribution in [3.8, 4) is 5.75 Å². The van der Waals surface area contributed by atoms with Crippen LogP contribution in [0, 0.1) is 0 Å². The highest BCUT2D eigenvalue weighted by Gasteiger charge is 2.45. The Hall–Kier alpha value is -3.12. The number of hydrogen-bond acceptors (Lipinski definition) is 5. The lowest BCUT2D eigenvalue weighted by molar-refractivity contribution is -0.140. The van der Waals surface area contributed by atoms with Crippen molar-refractivity contribution in [1.82, 2.24) is 4.90 Å². The highest BCUT2D eigenvalue weighted by molar-refractivity contribution is 6.46. The normalized spacial score (nSPS) is 18.3. The molecule has 1 aliphatic heterocycles. The number of aliphatic hydroxyl groups is 1. The minimum Gasteiger partial charge on any atom is -0.507 e. The molecule has 1 amide bonds. The zero-order valence-electron chi connectivity index (χ0n) is 16.8. The van der Waals surface area contributed by atoms with E-state index >= 15 is 0 Å². The average molecular weight is 395 g/mol. The van der Waals surface area contributed by atoms with E-state index in [-0.39, 0.29) is 24.5 Å². The summed E-state index contributed by atoms with van der Waals surface area (Å²) in [5.74, 6) is -1.01. The van der Waals surface area contributed by atoms with Crippen molar-refractivity contribution in [1.29, 1.82) is 0 Å². The predicted octanol–water partition coefficient (Wildman–Crippen LogP) is 3.33. The number of aryl methyl sites for hydroxylation is 1. The van der Waals surface area contributed by atoms with Gasteiger partial charge in [0, 0.05) is 19.2 Å². The topological polar surface area (TPSA) is 76.1 Å². The third kappa shape index (κ3) is 4.03. The number of amides is 1. The summed E-state index contributed by atoms with van der Waals surface area (Å²) in [6.07, 6.45) is 0.883. The molecule has 0 spiro atoms. The quantitative estimate of drug-likeness (QED) is 0.442. The minimum absolute atomic E-state index is 0.0728. The zero-order chi connectivity index (χ0) is 21.0. The maximum Gasteiger partial charge on any atom is 0.295 e. The van der Waals surface area contributed by atoms with Gasteiger partial charge in [-0.2, -0.15) is 0 Å². The van der Waals surface area contributed by atoms with Crippen LogP contribution in [0.25, 0.3) is 5.76 Å². The van der Waals surface area contributed by atoms with Crippen molar-refractivity contribution >= 4 is 17.4 Å². The summed E-state index contributed by atoms with van der Waals surface area (Å²) >= 11 is 0. The van der Waals surface area contributed by atoms with Crippen LogP contribution >= 0.6 is 0 Å². The molecule has 2 aromatic rings. The minimum atomic E-state index is -0.703. The maximum atomic E-state index is 12.9. The Balaban J connectivity index is 2.14. The van der Waals surface area contributed by atoms with Crippen LogP contribution in [0.15, 0.2) is 54.1 Å². The number of aliphatic hydroxyl groups excluding tert-OH is 1. The van der Waals surface area contributed by atoms with E-state index in [1.807, 2.05) is 24.3 Å². The Morgan fingerprint density at radius 2 is 1.83 bits per heavy atom. The number of nitrogens with zero attached hydrogens (tertiary/aromatic N) is 1. The number of benzene rings is 2. The van der Waals surface area contributed by atoms with E-state index in [9.17, 15) is 14.7 Å². The molecule has 1 unspecified atom stereocenters. The lowest BCUT2D eigenvalue weighted by Gasteiger charge is -2.25. The molecule has 29 heavy (non-hydrogen) atoms. The lowest BCUT2D eigenvalue weighted by atomic mass is 9.94. The van der Waals surface area contributed by atoms with Crippen LogP contribution in [0.5, 0.6) is 5.75 Å². The molecule has 152 valence electrons. The number of Topliss-reactive ketones (excluding diaryl/α,β-unsaturated/α-hetero) is 1. The van der Waals surface area contributed by atoms with Crippen molar-refractivity contribution in [3.05, 3.63) is 70.8 Å². The van der Waals surface area contributed by atoms with Gasteiger partial charge in [-0.15, -0.1) is 0 Å². The average Bonchev–Trinajstić information content (AvgIpc) is 3.02. The van der Waals surface area contributed by atoms with Gasteiger partial charge >= 0.3 is 0 Å². The van der Waals surface area contributed by atoms with Crippen LogP contribution in [0.2, 0.25) is 0 Å². The summed E-state index contributed by atoms with van der Waals surface area (Å²) in [5, 5.41) is 11.0. The molecule has 1 heterocycles. The Morgan fingerprint density at radius 3 is 2.45 bits per heavy atom. The fraction of sp³-hybridized carbons (Fsp3) is 0.304. The van der Waals surface area contributed by atoms with Gasteiger partial charge in [-0.1, -0.05) is 43.3 Å². The fourth-order valence-electron chi connectivity index (χ4n) is 3.51. The second-order valence-electron chi connectivity index (χ2n) is 6.81. The monoisotopic (exact) mass is 395 g/mol. The molecule has 3 rings (SSSR count). The van der Waals surface area contributed by atoms with E-state index in [0.717, 1.165) is 17.5 Å². The van der Waals surface area contributed by atoms with Gasteiger partial charge in [-0.25, -0.2) is 0 Å². The second-order valence-corrected chi connectivity index (χ2v) is 6.81. The van der Waals surface area contributed by atoms with Crippen molar-refractivity contribution < 1.29 is 24.2 Å². The van der Waals surface area contributed by atoms with Gasteiger partial charge < -0.3 is 19.5 Å². The van der Waals surface area contributed by atoms with Crippen molar-refractivity contribution in [2.45, 2.75) is 19.4 Å². The molecule has 0 radical (unpaired) electrons. The van der Waals surface area contributed by atoms with E-state index in [1.165, 1.54) is 19.1 Å². The Morgan fingerprint density at radius 1 is 1.10 bits per heavy atom. The van der Waals surface area contributed by atoms with Crippen LogP contribution < -0.4 is 4.74 Å². The largest absolute Gasteiger partial charge is 0.507 e. The molecular formula is C23H25NO5. The maximum absolute atomic E-state index is 12.9. The summed E-state index contributed by atoms with van der Waals surface area (Å²) in [6, 6.07) is 13.8. The molecule has 0 bridgehead atoms. The summed E-state index contributed by atoms with van der Waals surface area (Å²) in [4.78, 5) is 27.1. The van der Waals surface area contributed by atoms with Gasteiger partial charge in [0.05, 0.1) is 25.3 Å². The van der Waals surface area contributed by atoms with Crippen LogP contribution in [-0.2, 0) is 20.7 Å². The molecule has 6 nitrogen and oxygen atoms in total. The van der Waals surface area contributed by atoms with Gasteiger partial charge in [-0.3, -0.25) is 9.59 Å². The second kappa shape index (κ2) is 8.92. The number of carbonyl (C=O) groups excluding carboxylic acids is 2. The van der Waals surface area contributed by atoms with Gasteiger partial charge in [0.2, 0.25) is 0 Å². The molecule has 1 aliphatic rings. The fourth-order valence-corrected chi connectivity index (χ4v) is 3.51. The van der Waals surface area contributed by atoms with Crippen LogP contribution in [-0.4, -0.2) is 49.1 Å². The molecule has 0 aromatic heterocycles. The van der Waals surface area contributed by atoms with E-state index in [1.54, 1.807) is 24.3 Å². The van der Waals surface area contributed by atoms with Gasteiger partial charge in [0.25, 0.3) is 11.7 Å². The first kappa shape index (κ1) is 20.6. The summed E-state index contributed by atoms with van der Waals surface area (Å²) in [6.45, 7) is 2.59. The number of rotatable bonds is 7. The van der Waals surface area contributed by atoms with Crippen molar-refractivity contribution in [2.24, 2.45) is 0 Å². The molecular weight excluding hydrogens is 370 g/mol. The number of carbonyl (C=O) groups is 2. The molecule has 1 saturated heterocycles. The van der Waals surface area contributed by atoms with Crippen molar-refractivity contribution in [3.63, 3.8) is 0 Å². The number of hydrogen-bond donors (Lipinski definition) is 1. The highest BCUT2D eigenvalue weighted by Crippen LogP contribution is 2.39. The summed E-state index contributed by atoms with van der Waals surface area (Å²) in [7, 11) is 3.07. The third-order valence-corrected chi connectivity index (χ3v) is 5.12. The molecule has 2 aromatic carbocycles. The van der Waals surface area contributed by atoms with E-state index in [0.29, 0.717) is 11.3 Å². The molecule has 0 saturated carbocycles. The summed E-state index contributed by atoms with van der Waals surface area (Å²) in [5.41, 5.74) is 2.41.